The Bertz CT molecular complexity index is 893. The Hall–Kier alpha value is -2.45. The van der Waals surface area contributed by atoms with Gasteiger partial charge in [0, 0.05) is 6.07 Å². The van der Waals surface area contributed by atoms with Crippen molar-refractivity contribution in [1.82, 2.24) is 9.62 Å². The fourth-order valence-electron chi connectivity index (χ4n) is 3.25. The molecule has 7 nitrogen and oxygen atoms in total. The minimum atomic E-state index is -3.74. The number of sulfonamides is 1. The molecule has 8 heteroatoms. The van der Waals surface area contributed by atoms with Crippen molar-refractivity contribution in [3.8, 4) is 0 Å². The average Bonchev–Trinajstić information content (AvgIpc) is 2.72. The van der Waals surface area contributed by atoms with Gasteiger partial charge in [0.05, 0.1) is 24.2 Å². The van der Waals surface area contributed by atoms with Crippen molar-refractivity contribution >= 4 is 21.7 Å². The summed E-state index contributed by atoms with van der Waals surface area (Å²) in [6.45, 7) is 6.24. The Morgan fingerprint density at radius 2 is 1.79 bits per heavy atom. The van der Waals surface area contributed by atoms with Crippen LogP contribution in [0.1, 0.15) is 18.9 Å². The van der Waals surface area contributed by atoms with Gasteiger partial charge in [0.1, 0.15) is 19.1 Å². The summed E-state index contributed by atoms with van der Waals surface area (Å²) >= 11 is 0. The Labute approximate surface area is 166 Å². The summed E-state index contributed by atoms with van der Waals surface area (Å²) < 4.78 is 27.9. The lowest BCUT2D eigenvalue weighted by Gasteiger charge is -2.33. The van der Waals surface area contributed by atoms with E-state index in [1.165, 1.54) is 0 Å². The molecule has 28 heavy (non-hydrogen) atoms. The molecule has 1 amide bonds. The van der Waals surface area contributed by atoms with Gasteiger partial charge in [0.25, 0.3) is 5.82 Å². The van der Waals surface area contributed by atoms with Gasteiger partial charge in [-0.1, -0.05) is 30.7 Å². The van der Waals surface area contributed by atoms with Crippen molar-refractivity contribution in [3.63, 3.8) is 0 Å². The Balaban J connectivity index is 1.63. The van der Waals surface area contributed by atoms with E-state index in [1.807, 2.05) is 38.2 Å². The van der Waals surface area contributed by atoms with E-state index in [4.69, 9.17) is 0 Å². The van der Waals surface area contributed by atoms with Gasteiger partial charge >= 0.3 is 0 Å². The number of H-pyrrole nitrogens is 1. The van der Waals surface area contributed by atoms with E-state index < -0.39 is 16.1 Å². The molecule has 0 unspecified atom stereocenters. The van der Waals surface area contributed by atoms with E-state index in [1.54, 1.807) is 29.2 Å². The van der Waals surface area contributed by atoms with Crippen LogP contribution in [0.25, 0.3) is 0 Å². The van der Waals surface area contributed by atoms with Gasteiger partial charge in [0.15, 0.2) is 0 Å². The topological polar surface area (TPSA) is 83.9 Å². The number of carbonyl (C=O) groups excluding carboxylic acids is 1. The number of aromatic amines is 1. The Kier molecular flexibility index (Phi) is 6.31. The fraction of sp³-hybridized carbons (Fsp3) is 0.400. The summed E-state index contributed by atoms with van der Waals surface area (Å²) in [5.74, 6) is 0.844. The van der Waals surface area contributed by atoms with Crippen LogP contribution in [-0.4, -0.2) is 51.4 Å². The molecule has 3 rings (SSSR count). The molecular formula is C20H27N4O3S+. The molecule has 0 aliphatic carbocycles. The molecule has 0 bridgehead atoms. The zero-order valence-corrected chi connectivity index (χ0v) is 17.1. The van der Waals surface area contributed by atoms with Gasteiger partial charge in [0.2, 0.25) is 15.9 Å². The zero-order valence-electron chi connectivity index (χ0n) is 16.3. The van der Waals surface area contributed by atoms with Crippen LogP contribution in [0.4, 0.5) is 5.82 Å². The summed E-state index contributed by atoms with van der Waals surface area (Å²) in [6, 6.07) is 11.7. The molecular weight excluding hydrogens is 376 g/mol. The van der Waals surface area contributed by atoms with Crippen LogP contribution in [0.3, 0.4) is 0 Å². The lowest BCUT2D eigenvalue weighted by molar-refractivity contribution is -0.364. The first kappa shape index (κ1) is 20.3. The number of benzene rings is 1. The van der Waals surface area contributed by atoms with Crippen molar-refractivity contribution in [1.29, 1.82) is 0 Å². The molecule has 2 aromatic rings. The van der Waals surface area contributed by atoms with Crippen LogP contribution in [0, 0.1) is 6.92 Å². The number of amides is 1. The van der Waals surface area contributed by atoms with Crippen molar-refractivity contribution < 1.29 is 18.2 Å². The van der Waals surface area contributed by atoms with Gasteiger partial charge in [-0.2, -0.15) is 4.72 Å². The SMILES string of the molecule is CC[C@@H](NS(=O)(=O)c1ccc(C)cc1)C(=O)N1CCN(c2cccc[nH+]2)CC1. The van der Waals surface area contributed by atoms with Crippen LogP contribution in [0.2, 0.25) is 0 Å². The number of rotatable bonds is 6. The number of hydrogen-bond donors (Lipinski definition) is 1. The molecule has 1 aliphatic rings. The quantitative estimate of drug-likeness (QED) is 0.786. The number of aromatic nitrogens is 1. The smallest absolute Gasteiger partial charge is 0.274 e. The molecule has 0 spiro atoms. The summed E-state index contributed by atoms with van der Waals surface area (Å²) in [5, 5.41) is 0. The van der Waals surface area contributed by atoms with E-state index in [-0.39, 0.29) is 10.8 Å². The molecule has 1 aromatic heterocycles. The van der Waals surface area contributed by atoms with Gasteiger partial charge in [-0.15, -0.1) is 0 Å². The molecule has 1 atom stereocenters. The number of nitrogens with zero attached hydrogens (tertiary/aromatic N) is 2. The number of nitrogens with one attached hydrogen (secondary N) is 2. The predicted molar refractivity (Wildman–Crippen MR) is 107 cm³/mol. The van der Waals surface area contributed by atoms with E-state index in [0.717, 1.165) is 11.4 Å². The maximum Gasteiger partial charge on any atom is 0.274 e. The van der Waals surface area contributed by atoms with Gasteiger partial charge < -0.3 is 4.90 Å². The molecule has 1 aromatic carbocycles. The van der Waals surface area contributed by atoms with E-state index >= 15 is 0 Å². The van der Waals surface area contributed by atoms with Crippen molar-refractivity contribution in [2.75, 3.05) is 31.1 Å². The highest BCUT2D eigenvalue weighted by Crippen LogP contribution is 2.14. The van der Waals surface area contributed by atoms with Gasteiger partial charge in [-0.25, -0.2) is 13.4 Å². The van der Waals surface area contributed by atoms with Crippen LogP contribution in [0.5, 0.6) is 0 Å². The van der Waals surface area contributed by atoms with E-state index in [0.29, 0.717) is 32.6 Å². The van der Waals surface area contributed by atoms with Gasteiger partial charge in [-0.05, 0) is 31.5 Å². The Morgan fingerprint density at radius 3 is 2.36 bits per heavy atom. The molecule has 1 fully saturated rings. The lowest BCUT2D eigenvalue weighted by atomic mass is 10.2. The largest absolute Gasteiger partial charge is 0.333 e. The molecule has 1 saturated heterocycles. The van der Waals surface area contributed by atoms with Crippen LogP contribution >= 0.6 is 0 Å². The lowest BCUT2D eigenvalue weighted by Crippen LogP contribution is -2.55. The number of hydrogen-bond acceptors (Lipinski definition) is 4. The van der Waals surface area contributed by atoms with Gasteiger partial charge in [-0.3, -0.25) is 9.69 Å². The van der Waals surface area contributed by atoms with E-state index in [2.05, 4.69) is 14.6 Å². The van der Waals surface area contributed by atoms with Crippen LogP contribution in [-0.2, 0) is 14.8 Å². The normalized spacial score (nSPS) is 16.1. The second-order valence-corrected chi connectivity index (χ2v) is 8.67. The highest BCUT2D eigenvalue weighted by molar-refractivity contribution is 7.89. The van der Waals surface area contributed by atoms with Crippen LogP contribution < -0.4 is 14.6 Å². The molecule has 0 saturated carbocycles. The highest BCUT2D eigenvalue weighted by atomic mass is 32.2. The van der Waals surface area contributed by atoms with Crippen molar-refractivity contribution in [3.05, 3.63) is 54.2 Å². The number of anilines is 1. The third kappa shape index (κ3) is 4.69. The highest BCUT2D eigenvalue weighted by Gasteiger charge is 2.32. The van der Waals surface area contributed by atoms with Crippen LogP contribution in [0.15, 0.2) is 53.6 Å². The number of piperazine rings is 1. The maximum atomic E-state index is 12.9. The second-order valence-electron chi connectivity index (χ2n) is 6.96. The minimum Gasteiger partial charge on any atom is -0.333 e. The molecule has 0 radical (unpaired) electrons. The maximum absolute atomic E-state index is 12.9. The summed E-state index contributed by atoms with van der Waals surface area (Å²) in [6.07, 6.45) is 2.27. The summed E-state index contributed by atoms with van der Waals surface area (Å²) in [4.78, 5) is 20.2. The summed E-state index contributed by atoms with van der Waals surface area (Å²) in [7, 11) is -3.74. The average molecular weight is 404 g/mol. The molecule has 2 heterocycles. The molecule has 2 N–H and O–H groups in total. The predicted octanol–water partition coefficient (Wildman–Crippen LogP) is 1.21. The standard InChI is InChI=1S/C20H26N4O3S/c1-3-18(22-28(26,27)17-9-7-16(2)8-10-17)20(25)24-14-12-23(13-15-24)19-6-4-5-11-21-19/h4-11,18,22H,3,12-15H2,1-2H3/p+1/t18-/m1/s1. The van der Waals surface area contributed by atoms with Crippen molar-refractivity contribution in [2.24, 2.45) is 0 Å². The first-order valence-corrected chi connectivity index (χ1v) is 11.0. The fourth-order valence-corrected chi connectivity index (χ4v) is 4.52. The second kappa shape index (κ2) is 8.70. The number of carbonyl (C=O) groups is 1. The number of pyridine rings is 1. The first-order valence-electron chi connectivity index (χ1n) is 9.50. The zero-order chi connectivity index (χ0) is 20.1. The third-order valence-corrected chi connectivity index (χ3v) is 6.45. The molecule has 1 aliphatic heterocycles. The minimum absolute atomic E-state index is 0.171. The third-order valence-electron chi connectivity index (χ3n) is 4.96. The molecule has 150 valence electrons. The summed E-state index contributed by atoms with van der Waals surface area (Å²) in [5.41, 5.74) is 0.982. The monoisotopic (exact) mass is 403 g/mol. The van der Waals surface area contributed by atoms with E-state index in [9.17, 15) is 13.2 Å². The first-order chi connectivity index (χ1) is 13.4. The number of aryl methyl sites for hydroxylation is 1. The van der Waals surface area contributed by atoms with Crippen molar-refractivity contribution in [2.45, 2.75) is 31.2 Å². The Morgan fingerprint density at radius 1 is 1.11 bits per heavy atom.